The van der Waals surface area contributed by atoms with E-state index in [0.29, 0.717) is 6.61 Å². The Balaban J connectivity index is 1.73. The van der Waals surface area contributed by atoms with E-state index in [1.165, 1.54) is 5.56 Å². The van der Waals surface area contributed by atoms with Crippen molar-refractivity contribution < 1.29 is 9.53 Å². The van der Waals surface area contributed by atoms with Crippen molar-refractivity contribution in [1.82, 2.24) is 0 Å². The molecule has 20 heavy (non-hydrogen) atoms. The van der Waals surface area contributed by atoms with Gasteiger partial charge >= 0.3 is 0 Å². The smallest absolute Gasteiger partial charge is 0.160 e. The molecule has 0 bridgehead atoms. The molecular formula is C18H16O2. The maximum absolute atomic E-state index is 11.5. The Morgan fingerprint density at radius 3 is 2.70 bits per heavy atom. The van der Waals surface area contributed by atoms with E-state index in [1.807, 2.05) is 54.6 Å². The van der Waals surface area contributed by atoms with E-state index in [-0.39, 0.29) is 5.78 Å². The molecule has 3 rings (SSSR count). The van der Waals surface area contributed by atoms with E-state index in [2.05, 4.69) is 0 Å². The largest absolute Gasteiger partial charge is 0.489 e. The molecule has 0 N–H and O–H groups in total. The van der Waals surface area contributed by atoms with Crippen LogP contribution in [-0.2, 0) is 17.8 Å². The Morgan fingerprint density at radius 1 is 1.15 bits per heavy atom. The number of Topliss-reactive ketones (excluding diaryl/α,β-unsaturated/α-hetero) is 1. The summed E-state index contributed by atoms with van der Waals surface area (Å²) in [6.07, 6.45) is 2.81. The molecule has 2 aromatic rings. The number of carbonyl (C=O) groups excluding carboxylic acids is 1. The molecule has 0 aromatic heterocycles. The lowest BCUT2D eigenvalue weighted by Gasteiger charge is -2.09. The van der Waals surface area contributed by atoms with Gasteiger partial charge in [0.15, 0.2) is 5.78 Å². The van der Waals surface area contributed by atoms with E-state index in [1.54, 1.807) is 6.92 Å². The SMILES string of the molecule is CC(=O)C1=CCc2cc(OCc3ccccc3)ccc21. The summed E-state index contributed by atoms with van der Waals surface area (Å²) in [6, 6.07) is 16.0. The van der Waals surface area contributed by atoms with Crippen molar-refractivity contribution in [3.8, 4) is 5.75 Å². The van der Waals surface area contributed by atoms with Gasteiger partial charge in [-0.05, 0) is 42.2 Å². The van der Waals surface area contributed by atoms with Gasteiger partial charge in [-0.2, -0.15) is 0 Å². The minimum atomic E-state index is 0.127. The van der Waals surface area contributed by atoms with Crippen molar-refractivity contribution in [1.29, 1.82) is 0 Å². The lowest BCUT2D eigenvalue weighted by molar-refractivity contribution is -0.111. The standard InChI is InChI=1S/C18H16O2/c1-13(19)17-9-7-15-11-16(8-10-18(15)17)20-12-14-5-3-2-4-6-14/h2-6,8-11H,7,12H2,1H3. The fourth-order valence-electron chi connectivity index (χ4n) is 2.49. The zero-order valence-corrected chi connectivity index (χ0v) is 11.4. The molecule has 2 nitrogen and oxygen atoms in total. The first kappa shape index (κ1) is 12.7. The molecule has 100 valence electrons. The quantitative estimate of drug-likeness (QED) is 0.839. The second-order valence-electron chi connectivity index (χ2n) is 4.97. The molecular weight excluding hydrogens is 248 g/mol. The van der Waals surface area contributed by atoms with E-state index in [9.17, 15) is 4.79 Å². The molecule has 1 aliphatic rings. The Morgan fingerprint density at radius 2 is 1.95 bits per heavy atom. The molecule has 0 unspecified atom stereocenters. The van der Waals surface area contributed by atoms with Gasteiger partial charge in [-0.1, -0.05) is 42.5 Å². The van der Waals surface area contributed by atoms with Crippen molar-refractivity contribution in [2.75, 3.05) is 0 Å². The van der Waals surface area contributed by atoms with Crippen LogP contribution in [0, 0.1) is 0 Å². The summed E-state index contributed by atoms with van der Waals surface area (Å²) in [5.41, 5.74) is 4.19. The van der Waals surface area contributed by atoms with Crippen LogP contribution in [0.4, 0.5) is 0 Å². The minimum absolute atomic E-state index is 0.127. The molecule has 0 amide bonds. The lowest BCUT2D eigenvalue weighted by atomic mass is 10.0. The van der Waals surface area contributed by atoms with Gasteiger partial charge in [0, 0.05) is 5.57 Å². The highest BCUT2D eigenvalue weighted by molar-refractivity contribution is 6.20. The van der Waals surface area contributed by atoms with Gasteiger partial charge < -0.3 is 4.74 Å². The molecule has 0 heterocycles. The van der Waals surface area contributed by atoms with Crippen LogP contribution in [0.3, 0.4) is 0 Å². The van der Waals surface area contributed by atoms with Gasteiger partial charge in [-0.25, -0.2) is 0 Å². The summed E-state index contributed by atoms with van der Waals surface area (Å²) in [7, 11) is 0. The number of ketones is 1. The molecule has 0 saturated heterocycles. The third-order valence-electron chi connectivity index (χ3n) is 3.52. The van der Waals surface area contributed by atoms with Gasteiger partial charge in [0.1, 0.15) is 12.4 Å². The number of fused-ring (bicyclic) bond motifs is 1. The van der Waals surface area contributed by atoms with E-state index in [4.69, 9.17) is 4.74 Å². The molecule has 2 aromatic carbocycles. The maximum Gasteiger partial charge on any atom is 0.160 e. The van der Waals surface area contributed by atoms with Gasteiger partial charge in [0.05, 0.1) is 0 Å². The molecule has 2 heteroatoms. The molecule has 0 aliphatic heterocycles. The average Bonchev–Trinajstić information content (AvgIpc) is 2.89. The van der Waals surface area contributed by atoms with E-state index < -0.39 is 0 Å². The van der Waals surface area contributed by atoms with Crippen molar-refractivity contribution >= 4 is 11.4 Å². The first-order valence-electron chi connectivity index (χ1n) is 6.75. The number of ether oxygens (including phenoxy) is 1. The van der Waals surface area contributed by atoms with Crippen LogP contribution in [0.5, 0.6) is 5.75 Å². The first-order chi connectivity index (χ1) is 9.74. The van der Waals surface area contributed by atoms with Crippen LogP contribution in [0.15, 0.2) is 54.6 Å². The molecule has 0 spiro atoms. The van der Waals surface area contributed by atoms with Crippen LogP contribution >= 0.6 is 0 Å². The van der Waals surface area contributed by atoms with Crippen LogP contribution in [-0.4, -0.2) is 5.78 Å². The zero-order valence-electron chi connectivity index (χ0n) is 11.4. The topological polar surface area (TPSA) is 26.3 Å². The van der Waals surface area contributed by atoms with Crippen LogP contribution in [0.25, 0.3) is 5.57 Å². The number of hydrogen-bond acceptors (Lipinski definition) is 2. The third-order valence-corrected chi connectivity index (χ3v) is 3.52. The number of carbonyl (C=O) groups is 1. The van der Waals surface area contributed by atoms with E-state index >= 15 is 0 Å². The van der Waals surface area contributed by atoms with Crippen LogP contribution in [0.1, 0.15) is 23.6 Å². The minimum Gasteiger partial charge on any atom is -0.489 e. The second kappa shape index (κ2) is 5.33. The second-order valence-corrected chi connectivity index (χ2v) is 4.97. The summed E-state index contributed by atoms with van der Waals surface area (Å²) in [6.45, 7) is 2.17. The molecule has 0 fully saturated rings. The Kier molecular flexibility index (Phi) is 3.38. The summed E-state index contributed by atoms with van der Waals surface area (Å²) in [4.78, 5) is 11.5. The van der Waals surface area contributed by atoms with Crippen molar-refractivity contribution in [2.24, 2.45) is 0 Å². The van der Waals surface area contributed by atoms with Gasteiger partial charge in [0.25, 0.3) is 0 Å². The molecule has 1 aliphatic carbocycles. The first-order valence-corrected chi connectivity index (χ1v) is 6.75. The summed E-state index contributed by atoms with van der Waals surface area (Å²) in [5.74, 6) is 0.979. The van der Waals surface area contributed by atoms with Crippen LogP contribution < -0.4 is 4.74 Å². The van der Waals surface area contributed by atoms with E-state index in [0.717, 1.165) is 28.9 Å². The predicted octanol–water partition coefficient (Wildman–Crippen LogP) is 3.79. The van der Waals surface area contributed by atoms with Crippen molar-refractivity contribution in [3.63, 3.8) is 0 Å². The summed E-state index contributed by atoms with van der Waals surface area (Å²) in [5, 5.41) is 0. The number of rotatable bonds is 4. The molecule has 0 atom stereocenters. The average molecular weight is 264 g/mol. The summed E-state index contributed by atoms with van der Waals surface area (Å²) >= 11 is 0. The van der Waals surface area contributed by atoms with Crippen LogP contribution in [0.2, 0.25) is 0 Å². The van der Waals surface area contributed by atoms with Crippen molar-refractivity contribution in [3.05, 3.63) is 71.3 Å². The third kappa shape index (κ3) is 2.50. The highest BCUT2D eigenvalue weighted by atomic mass is 16.5. The number of hydrogen-bond donors (Lipinski definition) is 0. The lowest BCUT2D eigenvalue weighted by Crippen LogP contribution is -1.97. The summed E-state index contributed by atoms with van der Waals surface area (Å²) < 4.78 is 5.80. The number of allylic oxidation sites excluding steroid dienone is 2. The zero-order chi connectivity index (χ0) is 13.9. The normalized spacial score (nSPS) is 12.8. The predicted molar refractivity (Wildman–Crippen MR) is 79.6 cm³/mol. The Bertz CT molecular complexity index is 669. The van der Waals surface area contributed by atoms with Gasteiger partial charge in [-0.3, -0.25) is 4.79 Å². The fraction of sp³-hybridized carbons (Fsp3) is 0.167. The highest BCUT2D eigenvalue weighted by Gasteiger charge is 2.17. The Hall–Kier alpha value is -2.35. The molecule has 0 radical (unpaired) electrons. The van der Waals surface area contributed by atoms with Gasteiger partial charge in [0.2, 0.25) is 0 Å². The highest BCUT2D eigenvalue weighted by Crippen LogP contribution is 2.31. The fourth-order valence-corrected chi connectivity index (χ4v) is 2.49. The Labute approximate surface area is 118 Å². The van der Waals surface area contributed by atoms with Gasteiger partial charge in [-0.15, -0.1) is 0 Å². The molecule has 0 saturated carbocycles. The maximum atomic E-state index is 11.5. The monoisotopic (exact) mass is 264 g/mol. The number of benzene rings is 2. The van der Waals surface area contributed by atoms with Crippen molar-refractivity contribution in [2.45, 2.75) is 20.0 Å².